The highest BCUT2D eigenvalue weighted by Gasteiger charge is 2.11. The molecular weight excluding hydrogens is 224 g/mol. The maximum absolute atomic E-state index is 11.6. The van der Waals surface area contributed by atoms with E-state index in [-0.39, 0.29) is 17.8 Å². The summed E-state index contributed by atoms with van der Waals surface area (Å²) in [6.07, 6.45) is 0.374. The van der Waals surface area contributed by atoms with Crippen LogP contribution in [0.25, 0.3) is 0 Å². The van der Waals surface area contributed by atoms with Gasteiger partial charge in [0.1, 0.15) is 0 Å². The van der Waals surface area contributed by atoms with Gasteiger partial charge in [-0.1, -0.05) is 6.92 Å². The third-order valence-electron chi connectivity index (χ3n) is 1.98. The van der Waals surface area contributed by atoms with Crippen LogP contribution >= 0.6 is 0 Å². The molecule has 2 N–H and O–H groups in total. The summed E-state index contributed by atoms with van der Waals surface area (Å²) in [5.74, 6) is 0.325. The molecule has 1 aromatic heterocycles. The summed E-state index contributed by atoms with van der Waals surface area (Å²) in [6.45, 7) is 4.81. The number of rotatable bonds is 7. The lowest BCUT2D eigenvalue weighted by molar-refractivity contribution is -0.117. The molecule has 0 bridgehead atoms. The Balaban J connectivity index is 2.39. The quantitative estimate of drug-likeness (QED) is 0.738. The van der Waals surface area contributed by atoms with Gasteiger partial charge in [0.2, 0.25) is 11.9 Å². The van der Waals surface area contributed by atoms with Crippen LogP contribution in [0.1, 0.15) is 20.3 Å². The number of nitrogens with zero attached hydrogens (tertiary/aromatic N) is 2. The van der Waals surface area contributed by atoms with Crippen molar-refractivity contribution in [1.82, 2.24) is 15.2 Å². The Hall–Kier alpha value is -1.63. The highest BCUT2D eigenvalue weighted by molar-refractivity contribution is 5.89. The van der Waals surface area contributed by atoms with E-state index in [9.17, 15) is 4.79 Å². The number of ether oxygens (including phenoxy) is 2. The van der Waals surface area contributed by atoms with Crippen LogP contribution in [-0.2, 0) is 9.53 Å². The van der Waals surface area contributed by atoms with Crippen molar-refractivity contribution in [3.8, 4) is 6.01 Å². The maximum Gasteiger partial charge on any atom is 0.337 e. The van der Waals surface area contributed by atoms with Crippen LogP contribution in [-0.4, -0.2) is 41.4 Å². The standard InChI is InChI=1S/C10H18N4O3/c1-4-17-10-12-9(13-14-10)11-8(15)5-7(2)6-16-3/h7H,4-6H2,1-3H3,(H2,11,12,13,14,15). The van der Waals surface area contributed by atoms with Gasteiger partial charge in [-0.25, -0.2) is 5.10 Å². The average molecular weight is 242 g/mol. The normalized spacial score (nSPS) is 12.2. The molecule has 1 amide bonds. The number of carbonyl (C=O) groups excluding carboxylic acids is 1. The summed E-state index contributed by atoms with van der Waals surface area (Å²) in [5.41, 5.74) is 0. The average Bonchev–Trinajstić information content (AvgIpc) is 2.66. The molecule has 0 aliphatic carbocycles. The van der Waals surface area contributed by atoms with Crippen LogP contribution in [0.3, 0.4) is 0 Å². The Kier molecular flexibility index (Phi) is 5.41. The van der Waals surface area contributed by atoms with E-state index in [2.05, 4.69) is 20.5 Å². The first-order valence-corrected chi connectivity index (χ1v) is 5.49. The summed E-state index contributed by atoms with van der Waals surface area (Å²) in [6, 6.07) is 0.229. The second kappa shape index (κ2) is 6.85. The van der Waals surface area contributed by atoms with Crippen LogP contribution in [0.5, 0.6) is 6.01 Å². The predicted octanol–water partition coefficient (Wildman–Crippen LogP) is 0.814. The number of anilines is 1. The molecule has 7 nitrogen and oxygen atoms in total. The molecular formula is C10H18N4O3. The molecule has 0 saturated carbocycles. The lowest BCUT2D eigenvalue weighted by Gasteiger charge is -2.08. The second-order valence-corrected chi connectivity index (χ2v) is 3.71. The summed E-state index contributed by atoms with van der Waals surface area (Å²) in [7, 11) is 1.61. The molecule has 7 heteroatoms. The Morgan fingerprint density at radius 1 is 1.59 bits per heavy atom. The lowest BCUT2D eigenvalue weighted by atomic mass is 10.1. The highest BCUT2D eigenvalue weighted by Crippen LogP contribution is 2.08. The topological polar surface area (TPSA) is 89.1 Å². The number of methoxy groups -OCH3 is 1. The van der Waals surface area contributed by atoms with Gasteiger partial charge in [-0.2, -0.15) is 4.98 Å². The monoisotopic (exact) mass is 242 g/mol. The van der Waals surface area contributed by atoms with Crippen molar-refractivity contribution in [1.29, 1.82) is 0 Å². The molecule has 0 aromatic carbocycles. The molecule has 0 saturated heterocycles. The van der Waals surface area contributed by atoms with Gasteiger partial charge in [-0.3, -0.25) is 10.1 Å². The van der Waals surface area contributed by atoms with Gasteiger partial charge in [-0.15, -0.1) is 5.10 Å². The zero-order valence-corrected chi connectivity index (χ0v) is 10.3. The first-order chi connectivity index (χ1) is 8.15. The van der Waals surface area contributed by atoms with Crippen molar-refractivity contribution >= 4 is 11.9 Å². The third kappa shape index (κ3) is 4.81. The minimum atomic E-state index is -0.131. The van der Waals surface area contributed by atoms with E-state index in [4.69, 9.17) is 9.47 Å². The maximum atomic E-state index is 11.6. The second-order valence-electron chi connectivity index (χ2n) is 3.71. The van der Waals surface area contributed by atoms with Crippen LogP contribution < -0.4 is 10.1 Å². The van der Waals surface area contributed by atoms with Crippen molar-refractivity contribution in [2.45, 2.75) is 20.3 Å². The van der Waals surface area contributed by atoms with Crippen LogP contribution in [0.4, 0.5) is 5.95 Å². The van der Waals surface area contributed by atoms with Gasteiger partial charge in [0, 0.05) is 20.1 Å². The molecule has 1 atom stereocenters. The van der Waals surface area contributed by atoms with Crippen LogP contribution in [0, 0.1) is 5.92 Å². The molecule has 0 radical (unpaired) electrons. The molecule has 0 aliphatic rings. The predicted molar refractivity (Wildman–Crippen MR) is 61.8 cm³/mol. The van der Waals surface area contributed by atoms with E-state index in [0.29, 0.717) is 25.6 Å². The van der Waals surface area contributed by atoms with E-state index in [1.54, 1.807) is 7.11 Å². The van der Waals surface area contributed by atoms with Gasteiger partial charge < -0.3 is 9.47 Å². The van der Waals surface area contributed by atoms with Crippen LogP contribution in [0.2, 0.25) is 0 Å². The zero-order chi connectivity index (χ0) is 12.7. The molecule has 1 unspecified atom stereocenters. The molecule has 96 valence electrons. The summed E-state index contributed by atoms with van der Waals surface area (Å²) in [5, 5.41) is 8.96. The van der Waals surface area contributed by atoms with Crippen molar-refractivity contribution in [2.24, 2.45) is 5.92 Å². The van der Waals surface area contributed by atoms with Crippen molar-refractivity contribution < 1.29 is 14.3 Å². The molecule has 1 aromatic rings. The summed E-state index contributed by atoms with van der Waals surface area (Å²) < 4.78 is 10.0. The molecule has 17 heavy (non-hydrogen) atoms. The first kappa shape index (κ1) is 13.4. The molecule has 1 heterocycles. The molecule has 1 rings (SSSR count). The number of nitrogens with one attached hydrogen (secondary N) is 2. The zero-order valence-electron chi connectivity index (χ0n) is 10.3. The largest absolute Gasteiger partial charge is 0.463 e. The molecule has 0 fully saturated rings. The summed E-state index contributed by atoms with van der Waals surface area (Å²) >= 11 is 0. The van der Waals surface area contributed by atoms with Gasteiger partial charge in [0.05, 0.1) is 6.61 Å². The fourth-order valence-electron chi connectivity index (χ4n) is 1.34. The Morgan fingerprint density at radius 2 is 2.35 bits per heavy atom. The Bertz CT molecular complexity index is 353. The number of aromatic amines is 1. The third-order valence-corrected chi connectivity index (χ3v) is 1.98. The van der Waals surface area contributed by atoms with Gasteiger partial charge in [-0.05, 0) is 12.8 Å². The van der Waals surface area contributed by atoms with Crippen molar-refractivity contribution in [3.63, 3.8) is 0 Å². The van der Waals surface area contributed by atoms with Gasteiger partial charge in [0.15, 0.2) is 0 Å². The number of H-pyrrole nitrogens is 1. The number of amides is 1. The SMILES string of the molecule is CCOc1n[nH]c(NC(=O)CC(C)COC)n1. The van der Waals surface area contributed by atoms with E-state index in [1.165, 1.54) is 0 Å². The van der Waals surface area contributed by atoms with Gasteiger partial charge >= 0.3 is 6.01 Å². The Morgan fingerprint density at radius 3 is 3.00 bits per heavy atom. The number of hydrogen-bond acceptors (Lipinski definition) is 5. The minimum Gasteiger partial charge on any atom is -0.463 e. The van der Waals surface area contributed by atoms with Crippen LogP contribution in [0.15, 0.2) is 0 Å². The van der Waals surface area contributed by atoms with E-state index < -0.39 is 0 Å². The number of carbonyl (C=O) groups is 1. The van der Waals surface area contributed by atoms with E-state index in [1.807, 2.05) is 13.8 Å². The highest BCUT2D eigenvalue weighted by atomic mass is 16.5. The number of hydrogen-bond donors (Lipinski definition) is 2. The molecule has 0 spiro atoms. The van der Waals surface area contributed by atoms with E-state index >= 15 is 0 Å². The summed E-state index contributed by atoms with van der Waals surface area (Å²) in [4.78, 5) is 15.5. The number of aromatic nitrogens is 3. The van der Waals surface area contributed by atoms with Gasteiger partial charge in [0.25, 0.3) is 0 Å². The molecule has 0 aliphatic heterocycles. The first-order valence-electron chi connectivity index (χ1n) is 5.49. The van der Waals surface area contributed by atoms with Crippen molar-refractivity contribution in [2.75, 3.05) is 25.6 Å². The van der Waals surface area contributed by atoms with E-state index in [0.717, 1.165) is 0 Å². The fraction of sp³-hybridized carbons (Fsp3) is 0.700. The van der Waals surface area contributed by atoms with Crippen molar-refractivity contribution in [3.05, 3.63) is 0 Å². The lowest BCUT2D eigenvalue weighted by Crippen LogP contribution is -2.18. The fourth-order valence-corrected chi connectivity index (χ4v) is 1.34. The Labute approximate surface area is 99.9 Å². The smallest absolute Gasteiger partial charge is 0.337 e. The minimum absolute atomic E-state index is 0.131.